The van der Waals surface area contributed by atoms with E-state index in [-0.39, 0.29) is 17.7 Å². The third-order valence-corrected chi connectivity index (χ3v) is 4.42. The van der Waals surface area contributed by atoms with E-state index in [1.54, 1.807) is 0 Å². The lowest BCUT2D eigenvalue weighted by atomic mass is 9.77. The molecule has 0 atom stereocenters. The summed E-state index contributed by atoms with van der Waals surface area (Å²) in [5.74, 6) is -0.782. The molecule has 1 saturated heterocycles. The minimum atomic E-state index is -0.818. The number of carbonyl (C=O) groups is 2. The van der Waals surface area contributed by atoms with Crippen molar-refractivity contribution in [2.24, 2.45) is 5.41 Å². The zero-order valence-electron chi connectivity index (χ0n) is 12.9. The van der Waals surface area contributed by atoms with Crippen LogP contribution in [-0.4, -0.2) is 30.2 Å². The highest BCUT2D eigenvalue weighted by molar-refractivity contribution is 5.95. The zero-order chi connectivity index (χ0) is 16.0. The molecular formula is C17H23NO4. The molecule has 2 rings (SSSR count). The molecule has 1 fully saturated rings. The van der Waals surface area contributed by atoms with Crippen molar-refractivity contribution >= 4 is 17.6 Å². The molecule has 1 heterocycles. The van der Waals surface area contributed by atoms with Crippen LogP contribution in [0.1, 0.15) is 38.2 Å². The fraction of sp³-hybridized carbons (Fsp3) is 0.529. The van der Waals surface area contributed by atoms with Crippen LogP contribution in [0, 0.1) is 5.41 Å². The van der Waals surface area contributed by atoms with Crippen molar-refractivity contribution in [1.82, 2.24) is 0 Å². The molecule has 1 amide bonds. The summed E-state index contributed by atoms with van der Waals surface area (Å²) in [6.45, 7) is 3.29. The summed E-state index contributed by atoms with van der Waals surface area (Å²) in [4.78, 5) is 23.3. The lowest BCUT2D eigenvalue weighted by Gasteiger charge is -2.34. The molecule has 0 spiro atoms. The first kappa shape index (κ1) is 16.5. The van der Waals surface area contributed by atoms with Gasteiger partial charge in [-0.25, -0.2) is 0 Å². The lowest BCUT2D eigenvalue weighted by Crippen LogP contribution is -2.40. The van der Waals surface area contributed by atoms with Crippen molar-refractivity contribution in [2.75, 3.05) is 18.5 Å². The van der Waals surface area contributed by atoms with Gasteiger partial charge in [0.1, 0.15) is 0 Å². The number of ether oxygens (including phenoxy) is 1. The molecule has 1 aromatic rings. The van der Waals surface area contributed by atoms with Crippen molar-refractivity contribution in [2.45, 2.75) is 39.0 Å². The van der Waals surface area contributed by atoms with E-state index in [1.165, 1.54) is 0 Å². The summed E-state index contributed by atoms with van der Waals surface area (Å²) >= 11 is 0. The number of carboxylic acid groups (broad SMARTS) is 1. The van der Waals surface area contributed by atoms with Gasteiger partial charge in [0.25, 0.3) is 0 Å². The molecule has 0 unspecified atom stereocenters. The van der Waals surface area contributed by atoms with Crippen molar-refractivity contribution < 1.29 is 19.4 Å². The van der Waals surface area contributed by atoms with Crippen LogP contribution < -0.4 is 5.32 Å². The number of aryl methyl sites for hydroxylation is 1. The van der Waals surface area contributed by atoms with E-state index < -0.39 is 5.97 Å². The van der Waals surface area contributed by atoms with E-state index in [4.69, 9.17) is 9.84 Å². The Morgan fingerprint density at radius 2 is 2.05 bits per heavy atom. The van der Waals surface area contributed by atoms with Crippen molar-refractivity contribution in [3.63, 3.8) is 0 Å². The zero-order valence-corrected chi connectivity index (χ0v) is 12.9. The van der Waals surface area contributed by atoms with E-state index >= 15 is 0 Å². The van der Waals surface area contributed by atoms with Gasteiger partial charge in [-0.1, -0.05) is 19.1 Å². The van der Waals surface area contributed by atoms with Gasteiger partial charge in [0, 0.05) is 25.3 Å². The summed E-state index contributed by atoms with van der Waals surface area (Å²) in [7, 11) is 0. The van der Waals surface area contributed by atoms with E-state index in [1.807, 2.05) is 31.2 Å². The van der Waals surface area contributed by atoms with E-state index in [0.717, 1.165) is 30.5 Å². The number of amides is 1. The average Bonchev–Trinajstić information content (AvgIpc) is 2.54. The van der Waals surface area contributed by atoms with Gasteiger partial charge >= 0.3 is 5.97 Å². The highest BCUT2D eigenvalue weighted by atomic mass is 16.5. The largest absolute Gasteiger partial charge is 0.481 e. The quantitative estimate of drug-likeness (QED) is 0.847. The van der Waals surface area contributed by atoms with Gasteiger partial charge in [0.2, 0.25) is 5.91 Å². The van der Waals surface area contributed by atoms with Crippen LogP contribution in [0.25, 0.3) is 0 Å². The molecular weight excluding hydrogens is 282 g/mol. The molecule has 0 radical (unpaired) electrons. The molecule has 5 heteroatoms. The molecule has 0 bridgehead atoms. The molecule has 1 aromatic carbocycles. The third kappa shape index (κ3) is 4.07. The standard InChI is InChI=1S/C17H23NO4/c1-2-17(8-10-22-11-9-17)16(21)18-14-5-3-4-13(12-14)6-7-15(19)20/h3-5,12H,2,6-11H2,1H3,(H,18,21)(H,19,20). The summed E-state index contributed by atoms with van der Waals surface area (Å²) < 4.78 is 5.36. The van der Waals surface area contributed by atoms with Gasteiger partial charge in [-0.05, 0) is 43.4 Å². The fourth-order valence-corrected chi connectivity index (χ4v) is 2.82. The number of hydrogen-bond acceptors (Lipinski definition) is 3. The lowest BCUT2D eigenvalue weighted by molar-refractivity contribution is -0.137. The Morgan fingerprint density at radius 1 is 1.32 bits per heavy atom. The van der Waals surface area contributed by atoms with E-state index in [2.05, 4.69) is 5.32 Å². The van der Waals surface area contributed by atoms with Crippen LogP contribution in [0.3, 0.4) is 0 Å². The predicted molar refractivity (Wildman–Crippen MR) is 83.8 cm³/mol. The maximum Gasteiger partial charge on any atom is 0.303 e. The van der Waals surface area contributed by atoms with Gasteiger partial charge in [-0.3, -0.25) is 9.59 Å². The molecule has 1 aliphatic rings. The Hall–Kier alpha value is -1.88. The molecule has 2 N–H and O–H groups in total. The monoisotopic (exact) mass is 305 g/mol. The molecule has 5 nitrogen and oxygen atoms in total. The van der Waals surface area contributed by atoms with Crippen LogP contribution in [0.4, 0.5) is 5.69 Å². The smallest absolute Gasteiger partial charge is 0.303 e. The SMILES string of the molecule is CCC1(C(=O)Nc2cccc(CCC(=O)O)c2)CCOCC1. The maximum atomic E-state index is 12.6. The average molecular weight is 305 g/mol. The number of hydrogen-bond donors (Lipinski definition) is 2. The Kier molecular flexibility index (Phi) is 5.55. The minimum absolute atomic E-state index is 0.0358. The molecule has 22 heavy (non-hydrogen) atoms. The second-order valence-electron chi connectivity index (χ2n) is 5.79. The number of nitrogens with one attached hydrogen (secondary N) is 1. The molecule has 1 aliphatic heterocycles. The van der Waals surface area contributed by atoms with Gasteiger partial charge in [0.05, 0.1) is 5.41 Å². The predicted octanol–water partition coefficient (Wildman–Crippen LogP) is 2.85. The van der Waals surface area contributed by atoms with Crippen molar-refractivity contribution in [3.05, 3.63) is 29.8 Å². The number of aliphatic carboxylic acids is 1. The maximum absolute atomic E-state index is 12.6. The normalized spacial score (nSPS) is 17.0. The summed E-state index contributed by atoms with van der Waals surface area (Å²) in [5.41, 5.74) is 1.29. The first-order valence-corrected chi connectivity index (χ1v) is 7.76. The number of benzene rings is 1. The number of carboxylic acids is 1. The van der Waals surface area contributed by atoms with Crippen molar-refractivity contribution in [1.29, 1.82) is 0 Å². The van der Waals surface area contributed by atoms with Gasteiger partial charge < -0.3 is 15.2 Å². The van der Waals surface area contributed by atoms with Crippen LogP contribution in [0.5, 0.6) is 0 Å². The van der Waals surface area contributed by atoms with Crippen LogP contribution in [0.15, 0.2) is 24.3 Å². The Morgan fingerprint density at radius 3 is 2.68 bits per heavy atom. The first-order valence-electron chi connectivity index (χ1n) is 7.76. The molecule has 0 aliphatic carbocycles. The first-order chi connectivity index (χ1) is 10.6. The second kappa shape index (κ2) is 7.40. The Balaban J connectivity index is 2.04. The van der Waals surface area contributed by atoms with Crippen LogP contribution in [-0.2, 0) is 20.7 Å². The molecule has 0 aromatic heterocycles. The Bertz CT molecular complexity index is 535. The topological polar surface area (TPSA) is 75.6 Å². The Labute approximate surface area is 130 Å². The van der Waals surface area contributed by atoms with E-state index in [9.17, 15) is 9.59 Å². The van der Waals surface area contributed by atoms with Crippen LogP contribution in [0.2, 0.25) is 0 Å². The number of rotatable bonds is 6. The van der Waals surface area contributed by atoms with Crippen LogP contribution >= 0.6 is 0 Å². The molecule has 120 valence electrons. The number of carbonyl (C=O) groups excluding carboxylic acids is 1. The fourth-order valence-electron chi connectivity index (χ4n) is 2.82. The van der Waals surface area contributed by atoms with Crippen molar-refractivity contribution in [3.8, 4) is 0 Å². The summed E-state index contributed by atoms with van der Waals surface area (Å²) in [6, 6.07) is 7.41. The van der Waals surface area contributed by atoms with Gasteiger partial charge in [-0.15, -0.1) is 0 Å². The highest BCUT2D eigenvalue weighted by Crippen LogP contribution is 2.35. The highest BCUT2D eigenvalue weighted by Gasteiger charge is 2.38. The summed E-state index contributed by atoms with van der Waals surface area (Å²) in [6.07, 6.45) is 2.84. The van der Waals surface area contributed by atoms with Gasteiger partial charge in [-0.2, -0.15) is 0 Å². The minimum Gasteiger partial charge on any atom is -0.481 e. The number of anilines is 1. The van der Waals surface area contributed by atoms with Gasteiger partial charge in [0.15, 0.2) is 0 Å². The third-order valence-electron chi connectivity index (χ3n) is 4.42. The van der Waals surface area contributed by atoms with E-state index in [0.29, 0.717) is 19.6 Å². The molecule has 0 saturated carbocycles. The second-order valence-corrected chi connectivity index (χ2v) is 5.79. The summed E-state index contributed by atoms with van der Waals surface area (Å²) in [5, 5.41) is 11.7.